The normalized spacial score (nSPS) is 10.5. The van der Waals surface area contributed by atoms with Gasteiger partial charge in [-0.25, -0.2) is 0 Å². The molecular weight excluding hydrogens is 270 g/mol. The van der Waals surface area contributed by atoms with E-state index in [9.17, 15) is 4.79 Å². The van der Waals surface area contributed by atoms with E-state index in [0.717, 1.165) is 11.3 Å². The molecule has 21 heavy (non-hydrogen) atoms. The number of H-pyrrole nitrogens is 1. The van der Waals surface area contributed by atoms with Crippen LogP contribution >= 0.6 is 0 Å². The quantitative estimate of drug-likeness (QED) is 0.740. The van der Waals surface area contributed by atoms with Crippen molar-refractivity contribution in [2.45, 2.75) is 12.8 Å². The number of nitrogens with zero attached hydrogens (tertiary/aromatic N) is 3. The molecule has 3 rings (SSSR count). The molecule has 0 atom stereocenters. The first kappa shape index (κ1) is 13.0. The van der Waals surface area contributed by atoms with Crippen LogP contribution in [-0.4, -0.2) is 26.5 Å². The van der Waals surface area contributed by atoms with E-state index in [2.05, 4.69) is 25.9 Å². The lowest BCUT2D eigenvalue weighted by molar-refractivity contribution is -0.115. The number of tetrazole rings is 1. The average Bonchev–Trinajstić information content (AvgIpc) is 3.14. The van der Waals surface area contributed by atoms with Gasteiger partial charge in [-0.15, -0.1) is 10.2 Å². The van der Waals surface area contributed by atoms with Gasteiger partial charge in [-0.1, -0.05) is 17.3 Å². The molecule has 0 aliphatic carbocycles. The Morgan fingerprint density at radius 2 is 2.10 bits per heavy atom. The summed E-state index contributed by atoms with van der Waals surface area (Å²) < 4.78 is 5.14. The minimum atomic E-state index is -0.115. The van der Waals surface area contributed by atoms with Crippen molar-refractivity contribution in [3.05, 3.63) is 59.8 Å². The fourth-order valence-corrected chi connectivity index (χ4v) is 1.92. The molecule has 0 saturated carbocycles. The molecule has 2 N–H and O–H groups in total. The van der Waals surface area contributed by atoms with E-state index in [1.807, 2.05) is 24.3 Å². The highest BCUT2D eigenvalue weighted by molar-refractivity contribution is 5.91. The summed E-state index contributed by atoms with van der Waals surface area (Å²) in [6, 6.07) is 11.0. The third-order valence-corrected chi connectivity index (χ3v) is 2.90. The molecule has 1 amide bonds. The first-order chi connectivity index (χ1) is 10.3. The topological polar surface area (TPSA) is 96.7 Å². The molecule has 0 radical (unpaired) electrons. The van der Waals surface area contributed by atoms with E-state index < -0.39 is 0 Å². The monoisotopic (exact) mass is 283 g/mol. The number of hydrogen-bond acceptors (Lipinski definition) is 5. The molecule has 0 saturated heterocycles. The second-order valence-electron chi connectivity index (χ2n) is 4.51. The van der Waals surface area contributed by atoms with E-state index in [4.69, 9.17) is 4.42 Å². The van der Waals surface area contributed by atoms with Crippen LogP contribution in [0.25, 0.3) is 0 Å². The Morgan fingerprint density at radius 1 is 1.24 bits per heavy atom. The summed E-state index contributed by atoms with van der Waals surface area (Å²) in [7, 11) is 0. The molecule has 2 aromatic heterocycles. The maximum atomic E-state index is 11.8. The Kier molecular flexibility index (Phi) is 3.72. The molecule has 3 aromatic rings. The molecule has 106 valence electrons. The first-order valence-electron chi connectivity index (χ1n) is 6.43. The van der Waals surface area contributed by atoms with Crippen LogP contribution in [0.2, 0.25) is 0 Å². The van der Waals surface area contributed by atoms with Gasteiger partial charge >= 0.3 is 0 Å². The fourth-order valence-electron chi connectivity index (χ4n) is 1.92. The maximum Gasteiger partial charge on any atom is 0.231 e. The van der Waals surface area contributed by atoms with Crippen LogP contribution in [0, 0.1) is 0 Å². The van der Waals surface area contributed by atoms with Gasteiger partial charge in [0, 0.05) is 12.1 Å². The number of rotatable bonds is 5. The lowest BCUT2D eigenvalue weighted by Gasteiger charge is -2.05. The molecule has 0 fully saturated rings. The van der Waals surface area contributed by atoms with Gasteiger partial charge in [0.1, 0.15) is 5.76 Å². The van der Waals surface area contributed by atoms with Crippen molar-refractivity contribution in [2.75, 3.05) is 5.32 Å². The highest BCUT2D eigenvalue weighted by Crippen LogP contribution is 2.12. The van der Waals surface area contributed by atoms with Crippen molar-refractivity contribution < 1.29 is 9.21 Å². The molecule has 7 heteroatoms. The predicted molar refractivity (Wildman–Crippen MR) is 74.5 cm³/mol. The van der Waals surface area contributed by atoms with Crippen LogP contribution in [0.1, 0.15) is 17.1 Å². The number of benzene rings is 1. The van der Waals surface area contributed by atoms with Gasteiger partial charge in [0.25, 0.3) is 0 Å². The Balaban J connectivity index is 1.58. The number of amides is 1. The van der Waals surface area contributed by atoms with Gasteiger partial charge in [0.05, 0.1) is 12.7 Å². The number of anilines is 1. The van der Waals surface area contributed by atoms with Crippen LogP contribution in [-0.2, 0) is 17.6 Å². The number of carbonyl (C=O) groups is 1. The fraction of sp³-hybridized carbons (Fsp3) is 0.143. The summed E-state index contributed by atoms with van der Waals surface area (Å²) in [6.45, 7) is 0. The molecule has 0 unspecified atom stereocenters. The van der Waals surface area contributed by atoms with E-state index in [0.29, 0.717) is 18.0 Å². The highest BCUT2D eigenvalue weighted by Gasteiger charge is 2.06. The van der Waals surface area contributed by atoms with Gasteiger partial charge in [0.15, 0.2) is 5.82 Å². The van der Waals surface area contributed by atoms with E-state index in [1.54, 1.807) is 18.4 Å². The predicted octanol–water partition coefficient (Wildman–Crippen LogP) is 1.56. The summed E-state index contributed by atoms with van der Waals surface area (Å²) in [4.78, 5) is 11.8. The van der Waals surface area contributed by atoms with Crippen molar-refractivity contribution in [2.24, 2.45) is 0 Å². The standard InChI is InChI=1S/C14H13N5O2/c20-14(9-12-2-1-7-21-12)15-11-5-3-10(4-6-11)8-13-16-18-19-17-13/h1-7H,8-9H2,(H,15,20)(H,16,17,18,19). The lowest BCUT2D eigenvalue weighted by atomic mass is 10.1. The summed E-state index contributed by atoms with van der Waals surface area (Å²) >= 11 is 0. The van der Waals surface area contributed by atoms with Gasteiger partial charge in [-0.2, -0.15) is 5.21 Å². The smallest absolute Gasteiger partial charge is 0.231 e. The van der Waals surface area contributed by atoms with Crippen LogP contribution < -0.4 is 5.32 Å². The number of furan rings is 1. The van der Waals surface area contributed by atoms with Gasteiger partial charge in [-0.05, 0) is 29.8 Å². The number of aromatic nitrogens is 4. The number of hydrogen-bond donors (Lipinski definition) is 2. The Labute approximate surface area is 120 Å². The number of nitrogens with one attached hydrogen (secondary N) is 2. The molecule has 1 aromatic carbocycles. The first-order valence-corrected chi connectivity index (χ1v) is 6.43. The zero-order chi connectivity index (χ0) is 14.5. The number of aromatic amines is 1. The van der Waals surface area contributed by atoms with Crippen LogP contribution in [0.4, 0.5) is 5.69 Å². The van der Waals surface area contributed by atoms with Crippen molar-refractivity contribution >= 4 is 11.6 Å². The zero-order valence-corrected chi connectivity index (χ0v) is 11.1. The van der Waals surface area contributed by atoms with Crippen molar-refractivity contribution in [1.29, 1.82) is 0 Å². The highest BCUT2D eigenvalue weighted by atomic mass is 16.3. The van der Waals surface area contributed by atoms with E-state index >= 15 is 0 Å². The van der Waals surface area contributed by atoms with E-state index in [1.165, 1.54) is 0 Å². The molecule has 2 heterocycles. The van der Waals surface area contributed by atoms with Gasteiger partial charge in [0.2, 0.25) is 5.91 Å². The Bertz CT molecular complexity index is 690. The van der Waals surface area contributed by atoms with Crippen LogP contribution in [0.15, 0.2) is 47.1 Å². The summed E-state index contributed by atoms with van der Waals surface area (Å²) in [5.41, 5.74) is 1.78. The lowest BCUT2D eigenvalue weighted by Crippen LogP contribution is -2.13. The molecule has 0 spiro atoms. The summed E-state index contributed by atoms with van der Waals surface area (Å²) in [5, 5.41) is 16.5. The minimum Gasteiger partial charge on any atom is -0.469 e. The third kappa shape index (κ3) is 3.53. The maximum absolute atomic E-state index is 11.8. The second-order valence-corrected chi connectivity index (χ2v) is 4.51. The molecule has 7 nitrogen and oxygen atoms in total. The molecular formula is C14H13N5O2. The van der Waals surface area contributed by atoms with Gasteiger partial charge in [-0.3, -0.25) is 4.79 Å². The SMILES string of the molecule is O=C(Cc1ccco1)Nc1ccc(Cc2nn[nH]n2)cc1. The number of carbonyl (C=O) groups excluding carboxylic acids is 1. The van der Waals surface area contributed by atoms with E-state index in [-0.39, 0.29) is 12.3 Å². The molecule has 0 bridgehead atoms. The largest absolute Gasteiger partial charge is 0.469 e. The Hall–Kier alpha value is -2.96. The zero-order valence-electron chi connectivity index (χ0n) is 11.1. The Morgan fingerprint density at radius 3 is 2.76 bits per heavy atom. The van der Waals surface area contributed by atoms with Crippen LogP contribution in [0.5, 0.6) is 0 Å². The van der Waals surface area contributed by atoms with Crippen molar-refractivity contribution in [3.63, 3.8) is 0 Å². The average molecular weight is 283 g/mol. The second kappa shape index (κ2) is 6.00. The summed E-state index contributed by atoms with van der Waals surface area (Å²) in [5.74, 6) is 1.15. The van der Waals surface area contributed by atoms with Crippen molar-refractivity contribution in [3.8, 4) is 0 Å². The van der Waals surface area contributed by atoms with Crippen molar-refractivity contribution in [1.82, 2.24) is 20.6 Å². The minimum absolute atomic E-state index is 0.115. The van der Waals surface area contributed by atoms with Gasteiger partial charge < -0.3 is 9.73 Å². The summed E-state index contributed by atoms with van der Waals surface area (Å²) in [6.07, 6.45) is 2.37. The molecule has 0 aliphatic heterocycles. The third-order valence-electron chi connectivity index (χ3n) is 2.90. The molecule has 0 aliphatic rings. The van der Waals surface area contributed by atoms with Crippen LogP contribution in [0.3, 0.4) is 0 Å².